The summed E-state index contributed by atoms with van der Waals surface area (Å²) < 4.78 is 6.20. The summed E-state index contributed by atoms with van der Waals surface area (Å²) in [5.41, 5.74) is 1.98. The Hall–Kier alpha value is -1.39. The highest BCUT2D eigenvalue weighted by atomic mass is 32.1. The van der Waals surface area contributed by atoms with Crippen LogP contribution < -0.4 is 10.1 Å². The van der Waals surface area contributed by atoms with Crippen molar-refractivity contribution in [3.05, 3.63) is 34.2 Å². The molecule has 1 fully saturated rings. The van der Waals surface area contributed by atoms with E-state index in [4.69, 9.17) is 9.72 Å². The number of hydrogen-bond donors (Lipinski definition) is 1. The molecule has 0 spiro atoms. The summed E-state index contributed by atoms with van der Waals surface area (Å²) in [5.74, 6) is 1.51. The van der Waals surface area contributed by atoms with Gasteiger partial charge in [-0.1, -0.05) is 12.1 Å². The molecule has 0 bridgehead atoms. The predicted octanol–water partition coefficient (Wildman–Crippen LogP) is 3.90. The van der Waals surface area contributed by atoms with Crippen LogP contribution in [0.15, 0.2) is 24.3 Å². The first-order chi connectivity index (χ1) is 10.1. The summed E-state index contributed by atoms with van der Waals surface area (Å²) in [6.45, 7) is 6.47. The number of benzene rings is 1. The van der Waals surface area contributed by atoms with E-state index < -0.39 is 0 Å². The van der Waals surface area contributed by atoms with Crippen molar-refractivity contribution in [2.75, 3.05) is 13.1 Å². The van der Waals surface area contributed by atoms with E-state index in [1.807, 2.05) is 23.5 Å². The van der Waals surface area contributed by atoms with E-state index in [1.54, 1.807) is 0 Å². The third-order valence-corrected chi connectivity index (χ3v) is 5.87. The Bertz CT molecular complexity index is 671. The van der Waals surface area contributed by atoms with Crippen LogP contribution in [0.2, 0.25) is 0 Å². The van der Waals surface area contributed by atoms with Crippen LogP contribution in [0.5, 0.6) is 5.75 Å². The Labute approximate surface area is 129 Å². The minimum atomic E-state index is -0.290. The molecule has 2 aromatic rings. The Morgan fingerprint density at radius 3 is 3.00 bits per heavy atom. The molecule has 4 heteroatoms. The molecule has 21 heavy (non-hydrogen) atoms. The lowest BCUT2D eigenvalue weighted by atomic mass is 9.97. The topological polar surface area (TPSA) is 34.1 Å². The highest BCUT2D eigenvalue weighted by Gasteiger charge is 2.37. The van der Waals surface area contributed by atoms with Crippen LogP contribution in [0.3, 0.4) is 0 Å². The molecule has 1 unspecified atom stereocenters. The van der Waals surface area contributed by atoms with Gasteiger partial charge in [0, 0.05) is 18.0 Å². The zero-order valence-corrected chi connectivity index (χ0v) is 13.3. The summed E-state index contributed by atoms with van der Waals surface area (Å²) >= 11 is 1.84. The first kappa shape index (κ1) is 13.3. The van der Waals surface area contributed by atoms with Gasteiger partial charge in [-0.3, -0.25) is 0 Å². The second-order valence-electron chi connectivity index (χ2n) is 6.38. The van der Waals surface area contributed by atoms with E-state index in [2.05, 4.69) is 31.3 Å². The quantitative estimate of drug-likeness (QED) is 0.867. The monoisotopic (exact) mass is 300 g/mol. The minimum Gasteiger partial charge on any atom is -0.482 e. The van der Waals surface area contributed by atoms with Crippen LogP contribution in [-0.2, 0) is 5.60 Å². The van der Waals surface area contributed by atoms with Crippen LogP contribution in [0, 0.1) is 0 Å². The van der Waals surface area contributed by atoms with Crippen molar-refractivity contribution < 1.29 is 4.74 Å². The number of rotatable bonds is 1. The maximum Gasteiger partial charge on any atom is 0.140 e. The van der Waals surface area contributed by atoms with E-state index >= 15 is 0 Å². The summed E-state index contributed by atoms with van der Waals surface area (Å²) in [6, 6.07) is 8.25. The largest absolute Gasteiger partial charge is 0.482 e. The number of nitrogens with one attached hydrogen (secondary N) is 1. The van der Waals surface area contributed by atoms with Gasteiger partial charge in [0.2, 0.25) is 0 Å². The van der Waals surface area contributed by atoms with Gasteiger partial charge >= 0.3 is 0 Å². The van der Waals surface area contributed by atoms with E-state index in [-0.39, 0.29) is 5.60 Å². The fourth-order valence-electron chi connectivity index (χ4n) is 3.24. The molecule has 1 N–H and O–H groups in total. The van der Waals surface area contributed by atoms with Crippen LogP contribution >= 0.6 is 11.3 Å². The highest BCUT2D eigenvalue weighted by Crippen LogP contribution is 2.48. The molecule has 1 saturated heterocycles. The van der Waals surface area contributed by atoms with Crippen LogP contribution in [0.25, 0.3) is 11.3 Å². The molecular formula is C17H20N2OS. The van der Waals surface area contributed by atoms with Crippen molar-refractivity contribution in [2.24, 2.45) is 0 Å². The molecule has 1 atom stereocenters. The first-order valence-corrected chi connectivity index (χ1v) is 8.47. The van der Waals surface area contributed by atoms with Gasteiger partial charge in [0.15, 0.2) is 0 Å². The number of thiazole rings is 1. The van der Waals surface area contributed by atoms with Gasteiger partial charge in [0.1, 0.15) is 11.4 Å². The number of piperidine rings is 1. The van der Waals surface area contributed by atoms with Gasteiger partial charge in [0.25, 0.3) is 0 Å². The number of para-hydroxylation sites is 1. The SMILES string of the molecule is CC1(C)Oc2ccccc2-c2nc(C3CCCNC3)sc21. The second-order valence-corrected chi connectivity index (χ2v) is 7.41. The lowest BCUT2D eigenvalue weighted by molar-refractivity contribution is 0.109. The van der Waals surface area contributed by atoms with Crippen molar-refractivity contribution in [2.45, 2.75) is 38.2 Å². The van der Waals surface area contributed by atoms with Crippen molar-refractivity contribution in [3.63, 3.8) is 0 Å². The van der Waals surface area contributed by atoms with Gasteiger partial charge in [-0.15, -0.1) is 11.3 Å². The lowest BCUT2D eigenvalue weighted by Crippen LogP contribution is -2.28. The van der Waals surface area contributed by atoms with Crippen LogP contribution in [0.1, 0.15) is 42.5 Å². The third kappa shape index (κ3) is 2.17. The molecule has 0 amide bonds. The van der Waals surface area contributed by atoms with Gasteiger partial charge in [0.05, 0.1) is 15.6 Å². The molecule has 0 aliphatic carbocycles. The summed E-state index contributed by atoms with van der Waals surface area (Å²) in [5, 5.41) is 4.75. The maximum absolute atomic E-state index is 6.20. The Balaban J connectivity index is 1.82. The minimum absolute atomic E-state index is 0.290. The highest BCUT2D eigenvalue weighted by molar-refractivity contribution is 7.12. The van der Waals surface area contributed by atoms with E-state index in [1.165, 1.54) is 22.7 Å². The fourth-order valence-corrected chi connectivity index (χ4v) is 4.49. The number of aromatic nitrogens is 1. The molecule has 0 saturated carbocycles. The molecule has 3 nitrogen and oxygen atoms in total. The number of fused-ring (bicyclic) bond motifs is 3. The molecular weight excluding hydrogens is 280 g/mol. The Kier molecular flexibility index (Phi) is 3.05. The van der Waals surface area contributed by atoms with Crippen molar-refractivity contribution in [1.82, 2.24) is 10.3 Å². The molecule has 3 heterocycles. The van der Waals surface area contributed by atoms with Gasteiger partial charge in [-0.25, -0.2) is 4.98 Å². The van der Waals surface area contributed by atoms with Crippen molar-refractivity contribution >= 4 is 11.3 Å². The molecule has 1 aromatic heterocycles. The molecule has 1 aromatic carbocycles. The second kappa shape index (κ2) is 4.82. The molecule has 2 aliphatic rings. The number of ether oxygens (including phenoxy) is 1. The van der Waals surface area contributed by atoms with Gasteiger partial charge in [-0.05, 0) is 45.4 Å². The lowest BCUT2D eigenvalue weighted by Gasteiger charge is -2.31. The van der Waals surface area contributed by atoms with Gasteiger partial charge < -0.3 is 10.1 Å². The standard InChI is InChI=1S/C17H20N2OS/c1-17(2)15-14(12-7-3-4-8-13(12)20-17)19-16(21-15)11-6-5-9-18-10-11/h3-4,7-8,11,18H,5-6,9-10H2,1-2H3. The molecule has 110 valence electrons. The van der Waals surface area contributed by atoms with E-state index in [0.717, 1.165) is 30.1 Å². The van der Waals surface area contributed by atoms with Crippen LogP contribution in [0.4, 0.5) is 0 Å². The fraction of sp³-hybridized carbons (Fsp3) is 0.471. The first-order valence-electron chi connectivity index (χ1n) is 7.65. The average molecular weight is 300 g/mol. The molecule has 0 radical (unpaired) electrons. The number of hydrogen-bond acceptors (Lipinski definition) is 4. The van der Waals surface area contributed by atoms with Gasteiger partial charge in [-0.2, -0.15) is 0 Å². The molecule has 2 aliphatic heterocycles. The summed E-state index contributed by atoms with van der Waals surface area (Å²) in [6.07, 6.45) is 2.48. The molecule has 4 rings (SSSR count). The zero-order chi connectivity index (χ0) is 14.4. The van der Waals surface area contributed by atoms with Crippen molar-refractivity contribution in [3.8, 4) is 17.0 Å². The zero-order valence-electron chi connectivity index (χ0n) is 12.5. The predicted molar refractivity (Wildman–Crippen MR) is 86.0 cm³/mol. The number of nitrogens with zero attached hydrogens (tertiary/aromatic N) is 1. The summed E-state index contributed by atoms with van der Waals surface area (Å²) in [4.78, 5) is 6.28. The maximum atomic E-state index is 6.20. The van der Waals surface area contributed by atoms with E-state index in [9.17, 15) is 0 Å². The Morgan fingerprint density at radius 1 is 1.33 bits per heavy atom. The van der Waals surface area contributed by atoms with Crippen LogP contribution in [-0.4, -0.2) is 18.1 Å². The normalized spacial score (nSPS) is 23.0. The average Bonchev–Trinajstić information content (AvgIpc) is 2.94. The Morgan fingerprint density at radius 2 is 2.19 bits per heavy atom. The van der Waals surface area contributed by atoms with Crippen molar-refractivity contribution in [1.29, 1.82) is 0 Å². The van der Waals surface area contributed by atoms with E-state index in [0.29, 0.717) is 5.92 Å². The summed E-state index contributed by atoms with van der Waals surface area (Å²) in [7, 11) is 0. The smallest absolute Gasteiger partial charge is 0.140 e. The third-order valence-electron chi connectivity index (χ3n) is 4.34.